The second kappa shape index (κ2) is 12.0. The van der Waals surface area contributed by atoms with Gasteiger partial charge in [0.2, 0.25) is 5.91 Å². The Morgan fingerprint density at radius 2 is 2.00 bits per heavy atom. The van der Waals surface area contributed by atoms with Gasteiger partial charge in [0.1, 0.15) is 11.5 Å². The van der Waals surface area contributed by atoms with Crippen molar-refractivity contribution in [3.8, 4) is 16.8 Å². The van der Waals surface area contributed by atoms with E-state index < -0.39 is 29.8 Å². The highest BCUT2D eigenvalue weighted by molar-refractivity contribution is 6.30. The van der Waals surface area contributed by atoms with Crippen LogP contribution in [0.1, 0.15) is 37.2 Å². The van der Waals surface area contributed by atoms with Crippen LogP contribution in [0.25, 0.3) is 16.8 Å². The van der Waals surface area contributed by atoms with Crippen LogP contribution < -0.4 is 16.0 Å². The molecular formula is C29H27ClFN7O4. The number of carbonyl (C=O) groups is 3. The van der Waals surface area contributed by atoms with E-state index >= 15 is 0 Å². The number of ketones is 1. The van der Waals surface area contributed by atoms with Gasteiger partial charge in [0.05, 0.1) is 41.2 Å². The fourth-order valence-electron chi connectivity index (χ4n) is 4.65. The van der Waals surface area contributed by atoms with Crippen molar-refractivity contribution in [2.75, 3.05) is 23.1 Å². The molecule has 0 saturated carbocycles. The number of fused-ring (bicyclic) bond motifs is 4. The van der Waals surface area contributed by atoms with Gasteiger partial charge in [-0.25, -0.2) is 13.9 Å². The molecule has 2 bridgehead atoms. The summed E-state index contributed by atoms with van der Waals surface area (Å²) in [7, 11) is 1.25. The minimum atomic E-state index is -0.935. The van der Waals surface area contributed by atoms with Gasteiger partial charge in [-0.2, -0.15) is 0 Å². The molecule has 42 heavy (non-hydrogen) atoms. The van der Waals surface area contributed by atoms with Gasteiger partial charge in [-0.05, 0) is 62.2 Å². The van der Waals surface area contributed by atoms with Crippen molar-refractivity contribution in [2.24, 2.45) is 5.92 Å². The van der Waals surface area contributed by atoms with Crippen LogP contribution in [0.2, 0.25) is 5.02 Å². The number of Topliss-reactive ketones (excluding diaryl/α,β-unsaturated/α-hetero) is 1. The summed E-state index contributed by atoms with van der Waals surface area (Å²) in [4.78, 5) is 42.5. The molecule has 1 aliphatic heterocycles. The van der Waals surface area contributed by atoms with Crippen LogP contribution in [0, 0.1) is 18.7 Å². The highest BCUT2D eigenvalue weighted by Crippen LogP contribution is 2.35. The summed E-state index contributed by atoms with van der Waals surface area (Å²) in [5.41, 5.74) is 3.48. The van der Waals surface area contributed by atoms with Crippen LogP contribution in [0.15, 0.2) is 54.7 Å². The second-order valence-corrected chi connectivity index (χ2v) is 10.2. The van der Waals surface area contributed by atoms with E-state index in [4.69, 9.17) is 11.6 Å². The van der Waals surface area contributed by atoms with E-state index in [9.17, 15) is 18.8 Å². The largest absolute Gasteiger partial charge is 0.453 e. The predicted octanol–water partition coefficient (Wildman–Crippen LogP) is 5.70. The molecule has 11 nitrogen and oxygen atoms in total. The zero-order valence-corrected chi connectivity index (χ0v) is 23.7. The number of aromatic nitrogens is 4. The normalized spacial score (nSPS) is 16.9. The van der Waals surface area contributed by atoms with Gasteiger partial charge >= 0.3 is 6.09 Å². The van der Waals surface area contributed by atoms with E-state index in [1.807, 2.05) is 6.07 Å². The first kappa shape index (κ1) is 28.7. The van der Waals surface area contributed by atoms with Crippen molar-refractivity contribution >= 4 is 46.6 Å². The molecule has 3 heterocycles. The minimum Gasteiger partial charge on any atom is -0.453 e. The Balaban J connectivity index is 1.54. The predicted molar refractivity (Wildman–Crippen MR) is 155 cm³/mol. The number of nitrogens with zero attached hydrogens (tertiary/aromatic N) is 4. The van der Waals surface area contributed by atoms with Gasteiger partial charge in [-0.1, -0.05) is 28.9 Å². The maximum atomic E-state index is 14.7. The number of hydrogen-bond acceptors (Lipinski definition) is 8. The lowest BCUT2D eigenvalue weighted by molar-refractivity contribution is -0.130. The zero-order valence-electron chi connectivity index (χ0n) is 22.9. The fourth-order valence-corrected chi connectivity index (χ4v) is 4.82. The standard InChI is InChI=1S/C29H27ClFN7O4/c1-15-25(39)10-9-21(34-27-16(2)38(37-36-27)24-6-4-5-20(30)26(24)31)23-13-17(11-12-32-23)19-8-7-18(33-29(41)42-3)14-22(19)35-28(15)40/h4-8,11-15,21,34H,9-10H2,1-3H3,(H,33,41)(H,35,40)/t15-,21+/m1/s1. The molecule has 0 unspecified atom stereocenters. The van der Waals surface area contributed by atoms with Crippen LogP contribution >= 0.6 is 11.6 Å². The molecule has 13 heteroatoms. The quantitative estimate of drug-likeness (QED) is 0.257. The topological polar surface area (TPSA) is 140 Å². The van der Waals surface area contributed by atoms with E-state index in [0.29, 0.717) is 40.6 Å². The van der Waals surface area contributed by atoms with E-state index in [2.05, 4.69) is 36.0 Å². The highest BCUT2D eigenvalue weighted by Gasteiger charge is 2.27. The molecule has 0 radical (unpaired) electrons. The summed E-state index contributed by atoms with van der Waals surface area (Å²) in [6.45, 7) is 3.28. The van der Waals surface area contributed by atoms with Gasteiger partial charge in [0, 0.05) is 23.9 Å². The third-order valence-electron chi connectivity index (χ3n) is 7.08. The first-order valence-corrected chi connectivity index (χ1v) is 13.5. The van der Waals surface area contributed by atoms with Crippen LogP contribution in [-0.2, 0) is 14.3 Å². The Morgan fingerprint density at radius 3 is 2.79 bits per heavy atom. The number of hydrogen-bond donors (Lipinski definition) is 3. The van der Waals surface area contributed by atoms with Gasteiger partial charge in [0.25, 0.3) is 0 Å². The van der Waals surface area contributed by atoms with Gasteiger partial charge in [0.15, 0.2) is 11.6 Å². The maximum Gasteiger partial charge on any atom is 0.411 e. The number of carbonyl (C=O) groups excluding carboxylic acids is 3. The van der Waals surface area contributed by atoms with E-state index in [1.54, 1.807) is 56.4 Å². The number of halogens is 2. The lowest BCUT2D eigenvalue weighted by Crippen LogP contribution is -2.28. The number of rotatable bonds is 4. The van der Waals surface area contributed by atoms with E-state index in [-0.39, 0.29) is 22.9 Å². The molecule has 0 spiro atoms. The number of amides is 2. The first-order chi connectivity index (χ1) is 20.2. The summed E-state index contributed by atoms with van der Waals surface area (Å²) in [6, 6.07) is 12.8. The van der Waals surface area contributed by atoms with Crippen molar-refractivity contribution < 1.29 is 23.5 Å². The number of nitrogens with one attached hydrogen (secondary N) is 3. The Morgan fingerprint density at radius 1 is 1.19 bits per heavy atom. The number of pyridine rings is 1. The molecule has 0 saturated heterocycles. The average Bonchev–Trinajstić information content (AvgIpc) is 3.34. The average molecular weight is 592 g/mol. The Bertz CT molecular complexity index is 1690. The molecule has 0 fully saturated rings. The van der Waals surface area contributed by atoms with Crippen molar-refractivity contribution in [3.05, 3.63) is 77.0 Å². The third kappa shape index (κ3) is 5.79. The zero-order chi connectivity index (χ0) is 30.0. The molecule has 3 N–H and O–H groups in total. The lowest BCUT2D eigenvalue weighted by Gasteiger charge is -2.22. The van der Waals surface area contributed by atoms with Crippen LogP contribution in [0.5, 0.6) is 0 Å². The summed E-state index contributed by atoms with van der Waals surface area (Å²) in [5.74, 6) is -1.92. The SMILES string of the molecule is COC(=O)Nc1ccc2c(c1)NC(=O)[C@H](C)C(=O)CC[C@H](Nc1nnn(-c3cccc(Cl)c3F)c1C)c1cc-2ccn1. The molecule has 5 rings (SSSR count). The molecule has 1 aliphatic rings. The van der Waals surface area contributed by atoms with Crippen molar-refractivity contribution in [3.63, 3.8) is 0 Å². The molecular weight excluding hydrogens is 565 g/mol. The summed E-state index contributed by atoms with van der Waals surface area (Å²) in [5, 5.41) is 17.0. The molecule has 2 amide bonds. The summed E-state index contributed by atoms with van der Waals surface area (Å²) in [6.07, 6.45) is 1.35. The van der Waals surface area contributed by atoms with Crippen LogP contribution in [0.3, 0.4) is 0 Å². The minimum absolute atomic E-state index is 0.0395. The number of anilines is 3. The molecule has 2 atom stereocenters. The second-order valence-electron chi connectivity index (χ2n) is 9.77. The monoisotopic (exact) mass is 591 g/mol. The molecule has 2 aromatic heterocycles. The fraction of sp³-hybridized carbons (Fsp3) is 0.241. The van der Waals surface area contributed by atoms with E-state index in [1.165, 1.54) is 17.9 Å². The highest BCUT2D eigenvalue weighted by atomic mass is 35.5. The Hall–Kier alpha value is -4.84. The van der Waals surface area contributed by atoms with Crippen molar-refractivity contribution in [1.29, 1.82) is 0 Å². The molecule has 2 aromatic carbocycles. The summed E-state index contributed by atoms with van der Waals surface area (Å²) < 4.78 is 20.7. The smallest absolute Gasteiger partial charge is 0.411 e. The lowest BCUT2D eigenvalue weighted by atomic mass is 9.94. The Labute approximate surface area is 245 Å². The maximum absolute atomic E-state index is 14.7. The molecule has 216 valence electrons. The van der Waals surface area contributed by atoms with Gasteiger partial charge < -0.3 is 15.4 Å². The summed E-state index contributed by atoms with van der Waals surface area (Å²) >= 11 is 5.97. The van der Waals surface area contributed by atoms with E-state index in [0.717, 1.165) is 5.56 Å². The molecule has 4 aromatic rings. The van der Waals surface area contributed by atoms with Gasteiger partial charge in [-0.15, -0.1) is 5.10 Å². The van der Waals surface area contributed by atoms with Crippen molar-refractivity contribution in [2.45, 2.75) is 32.7 Å². The third-order valence-corrected chi connectivity index (χ3v) is 7.37. The Kier molecular flexibility index (Phi) is 8.16. The number of ether oxygens (including phenoxy) is 1. The number of benzene rings is 2. The molecule has 0 aliphatic carbocycles. The van der Waals surface area contributed by atoms with Crippen molar-refractivity contribution in [1.82, 2.24) is 20.0 Å². The van der Waals surface area contributed by atoms with Gasteiger partial charge in [-0.3, -0.25) is 19.9 Å². The first-order valence-electron chi connectivity index (χ1n) is 13.1. The van der Waals surface area contributed by atoms with Crippen LogP contribution in [-0.4, -0.2) is 44.9 Å². The number of methoxy groups -OCH3 is 1. The van der Waals surface area contributed by atoms with Crippen LogP contribution in [0.4, 0.5) is 26.4 Å².